The molecule has 0 heterocycles. The van der Waals surface area contributed by atoms with Gasteiger partial charge >= 0.3 is 5.97 Å². The highest BCUT2D eigenvalue weighted by Gasteiger charge is 2.19. The summed E-state index contributed by atoms with van der Waals surface area (Å²) >= 11 is 5.89. The fourth-order valence-corrected chi connectivity index (χ4v) is 2.54. The monoisotopic (exact) mass is 404 g/mol. The van der Waals surface area contributed by atoms with E-state index in [9.17, 15) is 14.4 Å². The summed E-state index contributed by atoms with van der Waals surface area (Å²) in [5, 5.41) is 5.63. The van der Waals surface area contributed by atoms with Gasteiger partial charge in [-0.3, -0.25) is 9.59 Å². The number of benzene rings is 2. The van der Waals surface area contributed by atoms with Crippen molar-refractivity contribution in [1.29, 1.82) is 0 Å². The van der Waals surface area contributed by atoms with Gasteiger partial charge in [0, 0.05) is 23.3 Å². The lowest BCUT2D eigenvalue weighted by Crippen LogP contribution is -2.30. The van der Waals surface area contributed by atoms with E-state index in [0.29, 0.717) is 22.0 Å². The Labute approximate surface area is 168 Å². The number of ether oxygens (including phenoxy) is 2. The minimum atomic E-state index is -0.899. The standard InChI is InChI=1S/C20H21ClN2O5/c1-12-9-15(21)7-8-17(12)28-13(2)20(26)27-11-18(24)23-16-6-4-5-14(10-16)19(25)22-3/h4-10,13H,11H2,1-3H3,(H,22,25)(H,23,24). The highest BCUT2D eigenvalue weighted by Crippen LogP contribution is 2.23. The van der Waals surface area contributed by atoms with E-state index in [1.165, 1.54) is 20.0 Å². The van der Waals surface area contributed by atoms with Crippen molar-refractivity contribution in [2.24, 2.45) is 0 Å². The van der Waals surface area contributed by atoms with E-state index >= 15 is 0 Å². The molecule has 2 rings (SSSR count). The van der Waals surface area contributed by atoms with Gasteiger partial charge in [-0.2, -0.15) is 0 Å². The Kier molecular flexibility index (Phi) is 7.40. The van der Waals surface area contributed by atoms with Gasteiger partial charge in [0.25, 0.3) is 11.8 Å². The van der Waals surface area contributed by atoms with Gasteiger partial charge in [-0.1, -0.05) is 17.7 Å². The van der Waals surface area contributed by atoms with Crippen LogP contribution in [0.15, 0.2) is 42.5 Å². The van der Waals surface area contributed by atoms with Gasteiger partial charge in [-0.15, -0.1) is 0 Å². The number of amides is 2. The SMILES string of the molecule is CNC(=O)c1cccc(NC(=O)COC(=O)C(C)Oc2ccc(Cl)cc2C)c1. The molecule has 0 aliphatic rings. The Morgan fingerprint density at radius 3 is 2.57 bits per heavy atom. The number of esters is 1. The maximum absolute atomic E-state index is 12.1. The van der Waals surface area contributed by atoms with Crippen LogP contribution >= 0.6 is 11.6 Å². The Morgan fingerprint density at radius 1 is 1.14 bits per heavy atom. The molecule has 0 saturated carbocycles. The molecule has 1 atom stereocenters. The zero-order chi connectivity index (χ0) is 20.7. The maximum Gasteiger partial charge on any atom is 0.347 e. The van der Waals surface area contributed by atoms with Crippen LogP contribution in [0, 0.1) is 6.92 Å². The van der Waals surface area contributed by atoms with Gasteiger partial charge in [0.2, 0.25) is 0 Å². The van der Waals surface area contributed by atoms with Crippen LogP contribution in [0.2, 0.25) is 5.02 Å². The number of aryl methyl sites for hydroxylation is 1. The van der Waals surface area contributed by atoms with Crippen molar-refractivity contribution in [1.82, 2.24) is 5.32 Å². The van der Waals surface area contributed by atoms with E-state index in [4.69, 9.17) is 21.1 Å². The quantitative estimate of drug-likeness (QED) is 0.692. The van der Waals surface area contributed by atoms with Crippen molar-refractivity contribution in [3.63, 3.8) is 0 Å². The topological polar surface area (TPSA) is 93.7 Å². The van der Waals surface area contributed by atoms with E-state index in [0.717, 1.165) is 5.56 Å². The first-order valence-corrected chi connectivity index (χ1v) is 8.89. The van der Waals surface area contributed by atoms with Crippen molar-refractivity contribution in [3.05, 3.63) is 58.6 Å². The van der Waals surface area contributed by atoms with Crippen LogP contribution in [-0.4, -0.2) is 37.5 Å². The summed E-state index contributed by atoms with van der Waals surface area (Å²) < 4.78 is 10.5. The second kappa shape index (κ2) is 9.75. The first kappa shape index (κ1) is 21.2. The molecule has 2 N–H and O–H groups in total. The Morgan fingerprint density at radius 2 is 1.89 bits per heavy atom. The first-order valence-electron chi connectivity index (χ1n) is 8.51. The summed E-state index contributed by atoms with van der Waals surface area (Å²) in [4.78, 5) is 35.7. The number of nitrogens with one attached hydrogen (secondary N) is 2. The lowest BCUT2D eigenvalue weighted by molar-refractivity contribution is -0.153. The van der Waals surface area contributed by atoms with Crippen molar-refractivity contribution >= 4 is 35.1 Å². The van der Waals surface area contributed by atoms with Crippen molar-refractivity contribution in [2.75, 3.05) is 19.0 Å². The van der Waals surface area contributed by atoms with E-state index in [1.54, 1.807) is 43.3 Å². The molecular weight excluding hydrogens is 384 g/mol. The third-order valence-electron chi connectivity index (χ3n) is 3.75. The molecule has 0 fully saturated rings. The Balaban J connectivity index is 1.86. The van der Waals surface area contributed by atoms with Crippen LogP contribution < -0.4 is 15.4 Å². The molecule has 0 aliphatic heterocycles. The van der Waals surface area contributed by atoms with Gasteiger partial charge in [-0.25, -0.2) is 4.79 Å². The zero-order valence-electron chi connectivity index (χ0n) is 15.7. The highest BCUT2D eigenvalue weighted by atomic mass is 35.5. The third-order valence-corrected chi connectivity index (χ3v) is 3.99. The zero-order valence-corrected chi connectivity index (χ0v) is 16.5. The molecule has 0 spiro atoms. The molecule has 8 heteroatoms. The van der Waals surface area contributed by atoms with Gasteiger partial charge in [-0.05, 0) is 55.8 Å². The molecule has 1 unspecified atom stereocenters. The molecule has 0 saturated heterocycles. The van der Waals surface area contributed by atoms with E-state index in [1.807, 2.05) is 0 Å². The van der Waals surface area contributed by atoms with Crippen LogP contribution in [0.4, 0.5) is 5.69 Å². The third kappa shape index (κ3) is 5.99. The molecule has 148 valence electrons. The number of halogens is 1. The van der Waals surface area contributed by atoms with Gasteiger partial charge in [0.1, 0.15) is 5.75 Å². The number of carbonyl (C=O) groups is 3. The second-order valence-corrected chi connectivity index (χ2v) is 6.42. The summed E-state index contributed by atoms with van der Waals surface area (Å²) in [6.45, 7) is 2.86. The van der Waals surface area contributed by atoms with E-state index in [-0.39, 0.29) is 5.91 Å². The van der Waals surface area contributed by atoms with Crippen LogP contribution in [0.1, 0.15) is 22.8 Å². The smallest absolute Gasteiger partial charge is 0.347 e. The lowest BCUT2D eigenvalue weighted by Gasteiger charge is -2.15. The molecule has 2 aromatic rings. The van der Waals surface area contributed by atoms with Crippen LogP contribution in [0.25, 0.3) is 0 Å². The van der Waals surface area contributed by atoms with Crippen LogP contribution in [0.3, 0.4) is 0 Å². The van der Waals surface area contributed by atoms with Crippen molar-refractivity contribution in [2.45, 2.75) is 20.0 Å². The predicted octanol–water partition coefficient (Wildman–Crippen LogP) is 2.96. The first-order chi connectivity index (χ1) is 13.3. The number of rotatable bonds is 7. The Hall–Kier alpha value is -3.06. The predicted molar refractivity (Wildman–Crippen MR) is 106 cm³/mol. The lowest BCUT2D eigenvalue weighted by atomic mass is 10.2. The van der Waals surface area contributed by atoms with Crippen LogP contribution in [-0.2, 0) is 14.3 Å². The summed E-state index contributed by atoms with van der Waals surface area (Å²) in [5.74, 6) is -0.976. The molecule has 7 nitrogen and oxygen atoms in total. The van der Waals surface area contributed by atoms with Gasteiger partial charge in [0.15, 0.2) is 12.7 Å². The number of hydrogen-bond acceptors (Lipinski definition) is 5. The minimum absolute atomic E-state index is 0.272. The fourth-order valence-electron chi connectivity index (χ4n) is 2.32. The maximum atomic E-state index is 12.1. The molecule has 0 bridgehead atoms. The average molecular weight is 405 g/mol. The summed E-state index contributed by atoms with van der Waals surface area (Å²) in [7, 11) is 1.52. The van der Waals surface area contributed by atoms with Crippen molar-refractivity contribution < 1.29 is 23.9 Å². The van der Waals surface area contributed by atoms with Gasteiger partial charge in [0.05, 0.1) is 0 Å². The molecule has 0 aromatic heterocycles. The van der Waals surface area contributed by atoms with Crippen LogP contribution in [0.5, 0.6) is 5.75 Å². The second-order valence-electron chi connectivity index (χ2n) is 5.99. The summed E-state index contributed by atoms with van der Waals surface area (Å²) in [6, 6.07) is 11.4. The normalized spacial score (nSPS) is 11.3. The number of anilines is 1. The number of hydrogen-bond donors (Lipinski definition) is 2. The van der Waals surface area contributed by atoms with E-state index < -0.39 is 24.6 Å². The molecule has 28 heavy (non-hydrogen) atoms. The fraction of sp³-hybridized carbons (Fsp3) is 0.250. The Bertz CT molecular complexity index is 885. The molecule has 0 radical (unpaired) electrons. The van der Waals surface area contributed by atoms with E-state index in [2.05, 4.69) is 10.6 Å². The van der Waals surface area contributed by atoms with Crippen molar-refractivity contribution in [3.8, 4) is 5.75 Å². The summed E-state index contributed by atoms with van der Waals surface area (Å²) in [5.41, 5.74) is 1.60. The molecule has 2 aromatic carbocycles. The van der Waals surface area contributed by atoms with Gasteiger partial charge < -0.3 is 20.1 Å². The average Bonchev–Trinajstić information content (AvgIpc) is 2.67. The largest absolute Gasteiger partial charge is 0.479 e. The summed E-state index contributed by atoms with van der Waals surface area (Å²) in [6.07, 6.45) is -0.899. The number of carbonyl (C=O) groups excluding carboxylic acids is 3. The molecular formula is C20H21ClN2O5. The minimum Gasteiger partial charge on any atom is -0.479 e. The molecule has 0 aliphatic carbocycles. The highest BCUT2D eigenvalue weighted by molar-refractivity contribution is 6.30. The molecule has 2 amide bonds.